The zero-order valence-corrected chi connectivity index (χ0v) is 11.3. The summed E-state index contributed by atoms with van der Waals surface area (Å²) in [5, 5.41) is 4.22. The van der Waals surface area contributed by atoms with Gasteiger partial charge in [-0.1, -0.05) is 16.8 Å². The normalized spacial score (nSPS) is 10.9. The van der Waals surface area contributed by atoms with Crippen LogP contribution in [0.5, 0.6) is 0 Å². The number of aromatic nitrogens is 4. The molecule has 0 fully saturated rings. The summed E-state index contributed by atoms with van der Waals surface area (Å²) >= 11 is 5.90. The van der Waals surface area contributed by atoms with Crippen LogP contribution in [0.1, 0.15) is 5.82 Å². The largest absolute Gasteiger partial charge is 0.438 e. The Bertz CT molecular complexity index is 813. The van der Waals surface area contributed by atoms with Crippen LogP contribution in [-0.4, -0.2) is 27.2 Å². The van der Waals surface area contributed by atoms with Gasteiger partial charge in [0.15, 0.2) is 5.82 Å². The summed E-state index contributed by atoms with van der Waals surface area (Å²) in [5.41, 5.74) is 1.47. The number of halogens is 1. The first-order chi connectivity index (χ1) is 9.61. The van der Waals surface area contributed by atoms with E-state index in [1.807, 2.05) is 7.05 Å². The molecule has 3 rings (SSSR count). The molecule has 0 unspecified atom stereocenters. The maximum absolute atomic E-state index is 10.9. The van der Waals surface area contributed by atoms with Gasteiger partial charge < -0.3 is 4.90 Å². The van der Waals surface area contributed by atoms with Crippen molar-refractivity contribution in [2.75, 3.05) is 11.9 Å². The molecule has 0 atom stereocenters. The average Bonchev–Trinajstić information content (AvgIpc) is 2.83. The lowest BCUT2D eigenvalue weighted by molar-refractivity contribution is 0.381. The first-order valence-electron chi connectivity index (χ1n) is 5.80. The second kappa shape index (κ2) is 4.93. The minimum atomic E-state index is -0.576. The van der Waals surface area contributed by atoms with Crippen molar-refractivity contribution >= 4 is 28.5 Å². The van der Waals surface area contributed by atoms with Gasteiger partial charge in [-0.3, -0.25) is 14.5 Å². The molecule has 0 saturated heterocycles. The van der Waals surface area contributed by atoms with E-state index >= 15 is 0 Å². The van der Waals surface area contributed by atoms with Gasteiger partial charge in [0.1, 0.15) is 5.82 Å². The average molecular weight is 292 g/mol. The molecule has 1 aromatic carbocycles. The summed E-state index contributed by atoms with van der Waals surface area (Å²) in [6.07, 6.45) is 1.64. The Morgan fingerprint density at radius 2 is 2.25 bits per heavy atom. The van der Waals surface area contributed by atoms with E-state index in [1.165, 1.54) is 0 Å². The third kappa shape index (κ3) is 2.48. The van der Waals surface area contributed by atoms with Crippen LogP contribution in [0.15, 0.2) is 33.7 Å². The van der Waals surface area contributed by atoms with Crippen molar-refractivity contribution in [3.63, 3.8) is 0 Å². The van der Waals surface area contributed by atoms with E-state index < -0.39 is 5.76 Å². The molecule has 3 aromatic rings. The summed E-state index contributed by atoms with van der Waals surface area (Å²) < 4.78 is 4.45. The summed E-state index contributed by atoms with van der Waals surface area (Å²) in [6.45, 7) is 0.361. The Morgan fingerprint density at radius 3 is 3.00 bits per heavy atom. The van der Waals surface area contributed by atoms with Crippen molar-refractivity contribution in [1.29, 1.82) is 0 Å². The number of nitrogens with zero attached hydrogens (tertiary/aromatic N) is 4. The van der Waals surface area contributed by atoms with Gasteiger partial charge in [0, 0.05) is 12.1 Å². The van der Waals surface area contributed by atoms with E-state index in [2.05, 4.69) is 24.6 Å². The van der Waals surface area contributed by atoms with Gasteiger partial charge in [-0.15, -0.1) is 0 Å². The van der Waals surface area contributed by atoms with Crippen LogP contribution in [0.25, 0.3) is 11.0 Å². The van der Waals surface area contributed by atoms with Gasteiger partial charge in [-0.25, -0.2) is 9.78 Å². The predicted molar refractivity (Wildman–Crippen MR) is 73.8 cm³/mol. The number of hydrogen-bond donors (Lipinski definition) is 1. The Labute approximate surface area is 118 Å². The molecule has 0 bridgehead atoms. The zero-order chi connectivity index (χ0) is 14.1. The lowest BCUT2D eigenvalue weighted by Gasteiger charge is -2.15. The number of rotatable bonds is 3. The quantitative estimate of drug-likeness (QED) is 0.788. The molecule has 8 heteroatoms. The monoisotopic (exact) mass is 291 g/mol. The molecule has 0 radical (unpaired) electrons. The topological polar surface area (TPSA) is 87.9 Å². The summed E-state index contributed by atoms with van der Waals surface area (Å²) in [6, 6.07) is 5.32. The van der Waals surface area contributed by atoms with Crippen LogP contribution in [0.3, 0.4) is 0 Å². The van der Waals surface area contributed by atoms with Crippen molar-refractivity contribution in [2.45, 2.75) is 6.54 Å². The molecule has 0 aliphatic rings. The van der Waals surface area contributed by atoms with Crippen molar-refractivity contribution in [2.24, 2.45) is 0 Å². The van der Waals surface area contributed by atoms with Crippen molar-refractivity contribution in [3.8, 4) is 0 Å². The van der Waals surface area contributed by atoms with Gasteiger partial charge in [0.25, 0.3) is 0 Å². The Kier molecular flexibility index (Phi) is 3.11. The van der Waals surface area contributed by atoms with Gasteiger partial charge in [-0.2, -0.15) is 0 Å². The molecule has 0 aliphatic heterocycles. The molecule has 0 spiro atoms. The fourth-order valence-corrected chi connectivity index (χ4v) is 1.96. The number of fused-ring (bicyclic) bond motifs is 1. The van der Waals surface area contributed by atoms with Crippen LogP contribution in [0, 0.1) is 0 Å². The molecule has 20 heavy (non-hydrogen) atoms. The number of H-pyrrole nitrogens is 1. The highest BCUT2D eigenvalue weighted by atomic mass is 35.5. The predicted octanol–water partition coefficient (Wildman–Crippen LogP) is 1.60. The van der Waals surface area contributed by atoms with Crippen LogP contribution in [0.4, 0.5) is 5.82 Å². The van der Waals surface area contributed by atoms with Crippen molar-refractivity contribution in [3.05, 3.63) is 45.8 Å². The highest BCUT2D eigenvalue weighted by Crippen LogP contribution is 2.19. The smallest absolute Gasteiger partial charge is 0.351 e. The van der Waals surface area contributed by atoms with E-state index in [1.54, 1.807) is 29.3 Å². The van der Waals surface area contributed by atoms with Crippen LogP contribution < -0.4 is 10.7 Å². The van der Waals surface area contributed by atoms with Crippen molar-refractivity contribution in [1.82, 2.24) is 20.1 Å². The van der Waals surface area contributed by atoms with E-state index in [4.69, 9.17) is 11.6 Å². The summed E-state index contributed by atoms with van der Waals surface area (Å²) in [4.78, 5) is 23.9. The SMILES string of the molecule is CN(Cc1noc(=O)[nH]1)c1cnc2cc(Cl)ccc2n1. The molecule has 0 saturated carbocycles. The standard InChI is InChI=1S/C12H10ClN5O2/c1-18(6-10-16-12(19)20-17-10)11-5-14-9-4-7(13)2-3-8(9)15-11/h2-5H,6H2,1H3,(H,16,17,19). The Morgan fingerprint density at radius 1 is 1.40 bits per heavy atom. The number of nitrogens with one attached hydrogen (secondary N) is 1. The lowest BCUT2D eigenvalue weighted by Crippen LogP contribution is -2.19. The molecular weight excluding hydrogens is 282 g/mol. The third-order valence-corrected chi connectivity index (χ3v) is 2.99. The Balaban J connectivity index is 1.89. The maximum Gasteiger partial charge on any atom is 0.438 e. The number of hydrogen-bond acceptors (Lipinski definition) is 6. The lowest BCUT2D eigenvalue weighted by atomic mass is 10.3. The second-order valence-corrected chi connectivity index (χ2v) is 4.70. The minimum Gasteiger partial charge on any atom is -0.351 e. The van der Waals surface area contributed by atoms with Gasteiger partial charge in [0.2, 0.25) is 0 Å². The second-order valence-electron chi connectivity index (χ2n) is 4.26. The van der Waals surface area contributed by atoms with E-state index in [0.717, 1.165) is 11.0 Å². The zero-order valence-electron chi connectivity index (χ0n) is 10.5. The molecule has 1 N–H and O–H groups in total. The molecular formula is C12H10ClN5O2. The van der Waals surface area contributed by atoms with Gasteiger partial charge in [0.05, 0.1) is 23.8 Å². The third-order valence-electron chi connectivity index (χ3n) is 2.75. The first-order valence-corrected chi connectivity index (χ1v) is 6.18. The van der Waals surface area contributed by atoms with Gasteiger partial charge in [-0.05, 0) is 18.2 Å². The van der Waals surface area contributed by atoms with E-state index in [0.29, 0.717) is 23.2 Å². The maximum atomic E-state index is 10.9. The van der Waals surface area contributed by atoms with Crippen LogP contribution in [0.2, 0.25) is 5.02 Å². The van der Waals surface area contributed by atoms with Crippen LogP contribution >= 0.6 is 11.6 Å². The highest BCUT2D eigenvalue weighted by Gasteiger charge is 2.09. The van der Waals surface area contributed by atoms with Crippen molar-refractivity contribution < 1.29 is 4.52 Å². The summed E-state index contributed by atoms with van der Waals surface area (Å²) in [7, 11) is 1.82. The highest BCUT2D eigenvalue weighted by molar-refractivity contribution is 6.31. The number of benzene rings is 1. The minimum absolute atomic E-state index is 0.361. The molecule has 0 aliphatic carbocycles. The Hall–Kier alpha value is -2.41. The fourth-order valence-electron chi connectivity index (χ4n) is 1.79. The molecule has 2 aromatic heterocycles. The van der Waals surface area contributed by atoms with Gasteiger partial charge >= 0.3 is 5.76 Å². The molecule has 2 heterocycles. The fraction of sp³-hybridized carbons (Fsp3) is 0.167. The van der Waals surface area contributed by atoms with E-state index in [9.17, 15) is 4.79 Å². The number of anilines is 1. The molecule has 7 nitrogen and oxygen atoms in total. The number of aromatic amines is 1. The first kappa shape index (κ1) is 12.6. The molecule has 102 valence electrons. The van der Waals surface area contributed by atoms with E-state index in [-0.39, 0.29) is 0 Å². The summed E-state index contributed by atoms with van der Waals surface area (Å²) in [5.74, 6) is 0.506. The molecule has 0 amide bonds. The van der Waals surface area contributed by atoms with Crippen LogP contribution in [-0.2, 0) is 6.54 Å².